The predicted molar refractivity (Wildman–Crippen MR) is 140 cm³/mol. The van der Waals surface area contributed by atoms with Crippen molar-refractivity contribution in [2.24, 2.45) is 0 Å². The molecule has 36 heavy (non-hydrogen) atoms. The van der Waals surface area contributed by atoms with Crippen molar-refractivity contribution in [2.75, 3.05) is 17.7 Å². The molecule has 2 N–H and O–H groups in total. The molecule has 0 atom stereocenters. The Balaban J connectivity index is 1.68. The molecule has 2 amide bonds. The number of benzene rings is 3. The van der Waals surface area contributed by atoms with E-state index in [2.05, 4.69) is 10.6 Å². The summed E-state index contributed by atoms with van der Waals surface area (Å²) in [7, 11) is 0. The van der Waals surface area contributed by atoms with Gasteiger partial charge in [0.1, 0.15) is 11.5 Å². The Bertz CT molecular complexity index is 1240. The van der Waals surface area contributed by atoms with Crippen LogP contribution in [0.1, 0.15) is 22.8 Å². The topological polar surface area (TPSA) is 84.5 Å². The van der Waals surface area contributed by atoms with Crippen LogP contribution >= 0.6 is 11.8 Å². The van der Waals surface area contributed by atoms with Gasteiger partial charge in [-0.1, -0.05) is 36.4 Å². The van der Waals surface area contributed by atoms with E-state index < -0.39 is 17.6 Å². The number of esters is 1. The van der Waals surface area contributed by atoms with Gasteiger partial charge in [0.25, 0.3) is 11.8 Å². The van der Waals surface area contributed by atoms with Crippen LogP contribution in [0.4, 0.5) is 10.1 Å². The third kappa shape index (κ3) is 8.56. The van der Waals surface area contributed by atoms with Crippen molar-refractivity contribution < 1.29 is 23.5 Å². The van der Waals surface area contributed by atoms with Crippen molar-refractivity contribution in [3.8, 4) is 0 Å². The van der Waals surface area contributed by atoms with E-state index >= 15 is 0 Å². The van der Waals surface area contributed by atoms with E-state index in [1.807, 2.05) is 12.1 Å². The Hall–Kier alpha value is -4.17. The van der Waals surface area contributed by atoms with Gasteiger partial charge in [-0.15, -0.1) is 11.8 Å². The highest BCUT2D eigenvalue weighted by Crippen LogP contribution is 2.21. The summed E-state index contributed by atoms with van der Waals surface area (Å²) in [5.41, 5.74) is 1.50. The van der Waals surface area contributed by atoms with E-state index in [0.29, 0.717) is 29.2 Å². The molecule has 0 heterocycles. The standard InChI is InChI=1S/C28H25FN2O4S/c1-2-35-26(32)9-6-18-36-24-16-14-23(15-17-24)30-28(34)25(19-20-10-12-22(29)13-11-20)31-27(33)21-7-4-3-5-8-21/h3-17,19H,2,18H2,1H3,(H,30,34)(H,31,33)/b9-6+,25-19-. The van der Waals surface area contributed by atoms with Crippen LogP contribution in [0, 0.1) is 5.82 Å². The second-order valence-electron chi connectivity index (χ2n) is 7.37. The highest BCUT2D eigenvalue weighted by Gasteiger charge is 2.15. The normalized spacial score (nSPS) is 11.2. The van der Waals surface area contributed by atoms with Crippen molar-refractivity contribution in [2.45, 2.75) is 11.8 Å². The summed E-state index contributed by atoms with van der Waals surface area (Å²) >= 11 is 1.52. The van der Waals surface area contributed by atoms with E-state index in [1.54, 1.807) is 55.5 Å². The highest BCUT2D eigenvalue weighted by atomic mass is 32.2. The smallest absolute Gasteiger partial charge is 0.330 e. The molecule has 8 heteroatoms. The molecule has 0 radical (unpaired) electrons. The van der Waals surface area contributed by atoms with Crippen LogP contribution in [0.25, 0.3) is 6.08 Å². The minimum absolute atomic E-state index is 0.0121. The SMILES string of the molecule is CCOC(=O)/C=C/CSc1ccc(NC(=O)/C(=C/c2ccc(F)cc2)NC(=O)c2ccccc2)cc1. The Kier molecular flexibility index (Phi) is 10.0. The summed E-state index contributed by atoms with van der Waals surface area (Å²) in [6.07, 6.45) is 4.60. The first-order valence-corrected chi connectivity index (χ1v) is 12.1. The van der Waals surface area contributed by atoms with Gasteiger partial charge in [0, 0.05) is 28.0 Å². The number of hydrogen-bond acceptors (Lipinski definition) is 5. The lowest BCUT2D eigenvalue weighted by molar-refractivity contribution is -0.137. The van der Waals surface area contributed by atoms with Crippen LogP contribution in [0.5, 0.6) is 0 Å². The number of nitrogens with one attached hydrogen (secondary N) is 2. The summed E-state index contributed by atoms with van der Waals surface area (Å²) in [5.74, 6) is -1.16. The van der Waals surface area contributed by atoms with Crippen molar-refractivity contribution in [1.82, 2.24) is 5.32 Å². The minimum Gasteiger partial charge on any atom is -0.463 e. The largest absolute Gasteiger partial charge is 0.463 e. The predicted octanol–water partition coefficient (Wildman–Crippen LogP) is 5.45. The Morgan fingerprint density at radius 2 is 1.64 bits per heavy atom. The van der Waals surface area contributed by atoms with Gasteiger partial charge in [0.15, 0.2) is 0 Å². The first kappa shape index (κ1) is 26.4. The Morgan fingerprint density at radius 1 is 0.944 bits per heavy atom. The maximum absolute atomic E-state index is 13.3. The molecular formula is C28H25FN2O4S. The molecule has 3 aromatic carbocycles. The molecule has 3 aromatic rings. The number of hydrogen-bond donors (Lipinski definition) is 2. The van der Waals surface area contributed by atoms with Crippen LogP contribution in [0.15, 0.2) is 102 Å². The molecule has 3 rings (SSSR count). The molecule has 0 aromatic heterocycles. The molecule has 0 saturated carbocycles. The fourth-order valence-electron chi connectivity index (χ4n) is 2.98. The average molecular weight is 505 g/mol. The van der Waals surface area contributed by atoms with Crippen molar-refractivity contribution >= 4 is 41.3 Å². The van der Waals surface area contributed by atoms with E-state index in [1.165, 1.54) is 48.2 Å². The zero-order valence-corrected chi connectivity index (χ0v) is 20.4. The van der Waals surface area contributed by atoms with Gasteiger partial charge in [0.05, 0.1) is 6.61 Å². The second-order valence-corrected chi connectivity index (χ2v) is 8.47. The number of carbonyl (C=O) groups is 3. The number of halogens is 1. The minimum atomic E-state index is -0.527. The summed E-state index contributed by atoms with van der Waals surface area (Å²) in [6.45, 7) is 2.08. The molecule has 0 fully saturated rings. The van der Waals surface area contributed by atoms with Crippen LogP contribution in [-0.2, 0) is 14.3 Å². The lowest BCUT2D eigenvalue weighted by Gasteiger charge is -2.12. The zero-order valence-electron chi connectivity index (χ0n) is 19.6. The summed E-state index contributed by atoms with van der Waals surface area (Å²) in [6, 6.07) is 21.3. The molecular weight excluding hydrogens is 479 g/mol. The van der Waals surface area contributed by atoms with Crippen molar-refractivity contribution in [3.05, 3.63) is 114 Å². The Morgan fingerprint density at radius 3 is 2.31 bits per heavy atom. The number of ether oxygens (including phenoxy) is 1. The molecule has 0 bridgehead atoms. The second kappa shape index (κ2) is 13.7. The number of anilines is 1. The maximum atomic E-state index is 13.3. The van der Waals surface area contributed by atoms with Gasteiger partial charge < -0.3 is 15.4 Å². The van der Waals surface area contributed by atoms with Gasteiger partial charge in [-0.2, -0.15) is 0 Å². The third-order valence-electron chi connectivity index (χ3n) is 4.71. The van der Waals surface area contributed by atoms with E-state index in [-0.39, 0.29) is 11.7 Å². The lowest BCUT2D eigenvalue weighted by atomic mass is 10.1. The van der Waals surface area contributed by atoms with E-state index in [0.717, 1.165) is 4.90 Å². The lowest BCUT2D eigenvalue weighted by Crippen LogP contribution is -2.30. The molecule has 0 saturated heterocycles. The summed E-state index contributed by atoms with van der Waals surface area (Å²) in [5, 5.41) is 5.42. The molecule has 0 spiro atoms. The van der Waals surface area contributed by atoms with Gasteiger partial charge in [0.2, 0.25) is 0 Å². The molecule has 0 aliphatic heterocycles. The van der Waals surface area contributed by atoms with E-state index in [4.69, 9.17) is 4.74 Å². The van der Waals surface area contributed by atoms with Crippen LogP contribution in [0.3, 0.4) is 0 Å². The molecule has 184 valence electrons. The molecule has 0 aliphatic rings. The molecule has 6 nitrogen and oxygen atoms in total. The fraction of sp³-hybridized carbons (Fsp3) is 0.107. The third-order valence-corrected chi connectivity index (χ3v) is 5.67. The van der Waals surface area contributed by atoms with Gasteiger partial charge >= 0.3 is 5.97 Å². The molecule has 0 aliphatic carbocycles. The molecule has 0 unspecified atom stereocenters. The number of carbonyl (C=O) groups excluding carboxylic acids is 3. The van der Waals surface area contributed by atoms with Crippen molar-refractivity contribution in [1.29, 1.82) is 0 Å². The fourth-order valence-corrected chi connectivity index (χ4v) is 3.69. The Labute approximate surface area is 213 Å². The van der Waals surface area contributed by atoms with Gasteiger partial charge in [-0.05, 0) is 67.1 Å². The first-order chi connectivity index (χ1) is 17.4. The van der Waals surface area contributed by atoms with Crippen molar-refractivity contribution in [3.63, 3.8) is 0 Å². The van der Waals surface area contributed by atoms with E-state index in [9.17, 15) is 18.8 Å². The number of amides is 2. The quantitative estimate of drug-likeness (QED) is 0.218. The first-order valence-electron chi connectivity index (χ1n) is 11.2. The van der Waals surface area contributed by atoms with Gasteiger partial charge in [-0.25, -0.2) is 9.18 Å². The van der Waals surface area contributed by atoms with Crippen LogP contribution in [-0.4, -0.2) is 30.1 Å². The monoisotopic (exact) mass is 504 g/mol. The maximum Gasteiger partial charge on any atom is 0.330 e. The summed E-state index contributed by atoms with van der Waals surface area (Å²) < 4.78 is 18.1. The van der Waals surface area contributed by atoms with Crippen LogP contribution < -0.4 is 10.6 Å². The zero-order chi connectivity index (χ0) is 25.8. The average Bonchev–Trinajstić information content (AvgIpc) is 2.89. The highest BCUT2D eigenvalue weighted by molar-refractivity contribution is 7.99. The summed E-state index contributed by atoms with van der Waals surface area (Å²) in [4.78, 5) is 38.0. The number of rotatable bonds is 10. The van der Waals surface area contributed by atoms with Crippen LogP contribution in [0.2, 0.25) is 0 Å². The number of thioether (sulfide) groups is 1. The van der Waals surface area contributed by atoms with Gasteiger partial charge in [-0.3, -0.25) is 9.59 Å².